The van der Waals surface area contributed by atoms with Gasteiger partial charge in [-0.1, -0.05) is 18.2 Å². The summed E-state index contributed by atoms with van der Waals surface area (Å²) in [6.07, 6.45) is 5.29. The minimum absolute atomic E-state index is 0.00133. The highest BCUT2D eigenvalue weighted by Crippen LogP contribution is 2.36. The number of benzene rings is 1. The average molecular weight is 356 g/mol. The van der Waals surface area contributed by atoms with Crippen LogP contribution in [0.4, 0.5) is 0 Å². The summed E-state index contributed by atoms with van der Waals surface area (Å²) in [4.78, 5) is 23.6. The second-order valence-corrected chi connectivity index (χ2v) is 6.55. The largest absolute Gasteiger partial charge is 0.508 e. The molecular weight excluding hydrogens is 332 g/mol. The van der Waals surface area contributed by atoms with Crippen molar-refractivity contribution < 1.29 is 24.5 Å². The van der Waals surface area contributed by atoms with Crippen molar-refractivity contribution in [3.8, 4) is 11.5 Å². The Kier molecular flexibility index (Phi) is 6.39. The van der Waals surface area contributed by atoms with E-state index in [2.05, 4.69) is 6.58 Å². The molecule has 0 aliphatic carbocycles. The highest BCUT2D eigenvalue weighted by molar-refractivity contribution is 5.94. The number of Topliss-reactive ketones (excluding diaryl/α,β-unsaturated/α-hetero) is 1. The van der Waals surface area contributed by atoms with Gasteiger partial charge in [0.05, 0.1) is 0 Å². The van der Waals surface area contributed by atoms with E-state index in [9.17, 15) is 19.8 Å². The molecule has 2 N–H and O–H groups in total. The van der Waals surface area contributed by atoms with Crippen molar-refractivity contribution in [1.29, 1.82) is 0 Å². The average Bonchev–Trinajstić information content (AvgIpc) is 2.95. The van der Waals surface area contributed by atoms with E-state index in [1.165, 1.54) is 18.2 Å². The zero-order chi connectivity index (χ0) is 19.3. The van der Waals surface area contributed by atoms with Crippen LogP contribution in [0.15, 0.2) is 53.6 Å². The Morgan fingerprint density at radius 2 is 2.00 bits per heavy atom. The van der Waals surface area contributed by atoms with Gasteiger partial charge in [-0.05, 0) is 63.0 Å². The molecule has 0 spiro atoms. The van der Waals surface area contributed by atoms with Crippen molar-refractivity contribution in [2.75, 3.05) is 0 Å². The molecule has 0 aromatic heterocycles. The molecular formula is C21H24O5. The summed E-state index contributed by atoms with van der Waals surface area (Å²) in [5.41, 5.74) is 2.56. The van der Waals surface area contributed by atoms with E-state index in [0.29, 0.717) is 42.4 Å². The number of aromatic hydroxyl groups is 2. The molecule has 0 bridgehead atoms. The number of ether oxygens (including phenoxy) is 1. The highest BCUT2D eigenvalue weighted by atomic mass is 16.5. The number of phenolic OH excluding ortho intramolecular Hbond substituents is 2. The fourth-order valence-corrected chi connectivity index (χ4v) is 2.68. The van der Waals surface area contributed by atoms with Crippen LogP contribution in [-0.4, -0.2) is 22.0 Å². The van der Waals surface area contributed by atoms with Crippen molar-refractivity contribution >= 4 is 11.8 Å². The molecule has 1 aliphatic heterocycles. The van der Waals surface area contributed by atoms with Gasteiger partial charge in [0.15, 0.2) is 5.78 Å². The maximum absolute atomic E-state index is 12.0. The summed E-state index contributed by atoms with van der Waals surface area (Å²) in [5.74, 6) is -0.385. The lowest BCUT2D eigenvalue weighted by molar-refractivity contribution is -0.140. The van der Waals surface area contributed by atoms with Crippen LogP contribution in [0.5, 0.6) is 11.5 Å². The van der Waals surface area contributed by atoms with Crippen molar-refractivity contribution in [2.45, 2.75) is 45.6 Å². The van der Waals surface area contributed by atoms with Crippen LogP contribution in [0.25, 0.3) is 0 Å². The topological polar surface area (TPSA) is 83.8 Å². The second kappa shape index (κ2) is 8.52. The number of carbonyl (C=O) groups excluding carboxylic acids is 2. The highest BCUT2D eigenvalue weighted by Gasteiger charge is 2.28. The van der Waals surface area contributed by atoms with E-state index in [1.807, 2.05) is 13.0 Å². The number of rotatable bonds is 8. The molecule has 1 atom stereocenters. The maximum Gasteiger partial charge on any atom is 0.334 e. The number of allylic oxidation sites excluding steroid dienone is 3. The Bertz CT molecular complexity index is 786. The van der Waals surface area contributed by atoms with E-state index in [1.54, 1.807) is 13.0 Å². The summed E-state index contributed by atoms with van der Waals surface area (Å²) in [6, 6.07) is 4.12. The first-order valence-electron chi connectivity index (χ1n) is 8.56. The predicted molar refractivity (Wildman–Crippen MR) is 98.7 cm³/mol. The van der Waals surface area contributed by atoms with Crippen molar-refractivity contribution in [3.05, 3.63) is 59.2 Å². The van der Waals surface area contributed by atoms with Gasteiger partial charge in [-0.25, -0.2) is 4.79 Å². The summed E-state index contributed by atoms with van der Waals surface area (Å²) in [7, 11) is 0. The molecule has 0 unspecified atom stereocenters. The first-order chi connectivity index (χ1) is 12.3. The van der Waals surface area contributed by atoms with Gasteiger partial charge in [0.1, 0.15) is 17.6 Å². The van der Waals surface area contributed by atoms with Gasteiger partial charge in [-0.3, -0.25) is 4.79 Å². The number of carbonyl (C=O) groups is 2. The number of ketones is 1. The van der Waals surface area contributed by atoms with Gasteiger partial charge in [0, 0.05) is 17.6 Å². The summed E-state index contributed by atoms with van der Waals surface area (Å²) in [6.45, 7) is 7.31. The van der Waals surface area contributed by atoms with E-state index in [0.717, 1.165) is 5.57 Å². The smallest absolute Gasteiger partial charge is 0.334 e. The number of hydrogen-bond donors (Lipinski definition) is 2. The summed E-state index contributed by atoms with van der Waals surface area (Å²) >= 11 is 0. The molecule has 0 saturated heterocycles. The van der Waals surface area contributed by atoms with Gasteiger partial charge in [0.2, 0.25) is 0 Å². The lowest BCUT2D eigenvalue weighted by Crippen LogP contribution is -2.02. The summed E-state index contributed by atoms with van der Waals surface area (Å²) < 4.78 is 5.28. The third-order valence-corrected chi connectivity index (χ3v) is 4.30. The van der Waals surface area contributed by atoms with E-state index >= 15 is 0 Å². The number of phenols is 2. The molecule has 26 heavy (non-hydrogen) atoms. The van der Waals surface area contributed by atoms with Crippen LogP contribution in [0.3, 0.4) is 0 Å². The molecule has 0 saturated carbocycles. The fraction of sp³-hybridized carbons (Fsp3) is 0.333. The maximum atomic E-state index is 12.0. The first-order valence-corrected chi connectivity index (χ1v) is 8.56. The SMILES string of the molecule is C=C(C)C(=O)CC/C(C)=C/CCC1=C[C@@H](c2cc(O)ccc2O)OC1=O. The van der Waals surface area contributed by atoms with E-state index < -0.39 is 12.1 Å². The van der Waals surface area contributed by atoms with E-state index in [4.69, 9.17) is 4.74 Å². The number of hydrogen-bond acceptors (Lipinski definition) is 5. The molecule has 2 rings (SSSR count). The van der Waals surface area contributed by atoms with Crippen LogP contribution in [0.2, 0.25) is 0 Å². The Hall–Kier alpha value is -2.82. The van der Waals surface area contributed by atoms with Gasteiger partial charge in [0.25, 0.3) is 0 Å². The molecule has 0 amide bonds. The molecule has 0 radical (unpaired) electrons. The zero-order valence-corrected chi connectivity index (χ0v) is 15.1. The molecule has 1 aliphatic rings. The molecule has 0 fully saturated rings. The molecule has 1 aromatic carbocycles. The number of esters is 1. The number of cyclic esters (lactones) is 1. The van der Waals surface area contributed by atoms with Crippen LogP contribution in [-0.2, 0) is 14.3 Å². The standard InChI is InChI=1S/C21H24O5/c1-13(2)18(23)9-7-14(3)5-4-6-15-11-20(26-21(15)25)17-12-16(22)8-10-19(17)24/h5,8,10-12,20,22,24H,1,4,6-7,9H2,2-3H3/b14-5+/t20-/m0/s1. The van der Waals surface area contributed by atoms with Gasteiger partial charge in [-0.15, -0.1) is 0 Å². The fourth-order valence-electron chi connectivity index (χ4n) is 2.68. The van der Waals surface area contributed by atoms with Crippen LogP contribution < -0.4 is 0 Å². The van der Waals surface area contributed by atoms with E-state index in [-0.39, 0.29) is 17.3 Å². The Morgan fingerprint density at radius 1 is 1.27 bits per heavy atom. The molecule has 1 aromatic rings. The van der Waals surface area contributed by atoms with Gasteiger partial charge < -0.3 is 14.9 Å². The minimum atomic E-state index is -0.692. The van der Waals surface area contributed by atoms with Gasteiger partial charge >= 0.3 is 5.97 Å². The Balaban J connectivity index is 1.94. The predicted octanol–water partition coefficient (Wildman–Crippen LogP) is 4.27. The van der Waals surface area contributed by atoms with Crippen molar-refractivity contribution in [2.24, 2.45) is 0 Å². The van der Waals surface area contributed by atoms with Crippen LogP contribution in [0, 0.1) is 0 Å². The Labute approximate surface area is 153 Å². The third kappa shape index (κ3) is 5.09. The van der Waals surface area contributed by atoms with Crippen molar-refractivity contribution in [1.82, 2.24) is 0 Å². The molecule has 1 heterocycles. The first kappa shape index (κ1) is 19.5. The third-order valence-electron chi connectivity index (χ3n) is 4.30. The zero-order valence-electron chi connectivity index (χ0n) is 15.1. The molecule has 5 heteroatoms. The van der Waals surface area contributed by atoms with Crippen LogP contribution in [0.1, 0.15) is 51.2 Å². The lowest BCUT2D eigenvalue weighted by Gasteiger charge is -2.10. The normalized spacial score (nSPS) is 17.0. The van der Waals surface area contributed by atoms with Crippen molar-refractivity contribution in [3.63, 3.8) is 0 Å². The van der Waals surface area contributed by atoms with Gasteiger partial charge in [-0.2, -0.15) is 0 Å². The lowest BCUT2D eigenvalue weighted by atomic mass is 10.0. The Morgan fingerprint density at radius 3 is 2.69 bits per heavy atom. The summed E-state index contributed by atoms with van der Waals surface area (Å²) in [5, 5.41) is 19.4. The second-order valence-electron chi connectivity index (χ2n) is 6.55. The monoisotopic (exact) mass is 356 g/mol. The molecule has 138 valence electrons. The van der Waals surface area contributed by atoms with Crippen LogP contribution >= 0.6 is 0 Å². The molecule has 5 nitrogen and oxygen atoms in total. The minimum Gasteiger partial charge on any atom is -0.508 e. The quantitative estimate of drug-likeness (QED) is 0.314.